The predicted octanol–water partition coefficient (Wildman–Crippen LogP) is 1.26. The van der Waals surface area contributed by atoms with Gasteiger partial charge in [-0.15, -0.1) is 0 Å². The molecule has 0 aliphatic carbocycles. The average Bonchev–Trinajstić information content (AvgIpc) is 2.43. The van der Waals surface area contributed by atoms with Gasteiger partial charge in [0.15, 0.2) is 0 Å². The monoisotopic (exact) mass is 293 g/mol. The molecule has 0 unspecified atom stereocenters. The molecule has 0 atom stereocenters. The van der Waals surface area contributed by atoms with Gasteiger partial charge in [-0.1, -0.05) is 0 Å². The molecule has 3 N–H and O–H groups in total. The Labute approximate surface area is 125 Å². The summed E-state index contributed by atoms with van der Waals surface area (Å²) in [6.07, 6.45) is 0. The number of nitrogens with two attached hydrogens (primary N) is 1. The van der Waals surface area contributed by atoms with E-state index in [1.54, 1.807) is 18.2 Å². The number of nitrogens with one attached hydrogen (secondary N) is 1. The third-order valence-electron chi connectivity index (χ3n) is 2.94. The van der Waals surface area contributed by atoms with Gasteiger partial charge in [0.25, 0.3) is 5.91 Å². The molecule has 6 nitrogen and oxygen atoms in total. The van der Waals surface area contributed by atoms with Crippen LogP contribution in [0.5, 0.6) is 5.75 Å². The summed E-state index contributed by atoms with van der Waals surface area (Å²) in [6, 6.07) is 4.91. The normalized spacial score (nSPS) is 10.3. The molecule has 2 amide bonds. The molecule has 116 valence electrons. The van der Waals surface area contributed by atoms with Crippen LogP contribution in [-0.4, -0.2) is 43.0 Å². The SMILES string of the molecule is CCN(CC(=O)NC(C)C)C(=O)c1ccc(OC)cc1N. The zero-order chi connectivity index (χ0) is 16.0. The number of nitrogen functional groups attached to an aromatic ring is 1. The van der Waals surface area contributed by atoms with Crippen molar-refractivity contribution in [3.8, 4) is 5.75 Å². The first-order chi connectivity index (χ1) is 9.88. The Morgan fingerprint density at radius 3 is 2.52 bits per heavy atom. The van der Waals surface area contributed by atoms with E-state index in [0.29, 0.717) is 23.5 Å². The zero-order valence-electron chi connectivity index (χ0n) is 13.0. The second-order valence-electron chi connectivity index (χ2n) is 4.99. The van der Waals surface area contributed by atoms with Gasteiger partial charge in [-0.3, -0.25) is 9.59 Å². The van der Waals surface area contributed by atoms with Crippen LogP contribution >= 0.6 is 0 Å². The predicted molar refractivity (Wildman–Crippen MR) is 82.3 cm³/mol. The fourth-order valence-electron chi connectivity index (χ4n) is 1.90. The molecule has 0 bridgehead atoms. The lowest BCUT2D eigenvalue weighted by molar-refractivity contribution is -0.122. The Morgan fingerprint density at radius 2 is 2.05 bits per heavy atom. The molecule has 1 aromatic carbocycles. The maximum absolute atomic E-state index is 12.4. The number of hydrogen-bond donors (Lipinski definition) is 2. The molecule has 0 saturated carbocycles. The van der Waals surface area contributed by atoms with E-state index < -0.39 is 0 Å². The fraction of sp³-hybridized carbons (Fsp3) is 0.467. The van der Waals surface area contributed by atoms with Gasteiger partial charge in [0.1, 0.15) is 5.75 Å². The largest absolute Gasteiger partial charge is 0.497 e. The van der Waals surface area contributed by atoms with Crippen LogP contribution in [0.2, 0.25) is 0 Å². The topological polar surface area (TPSA) is 84.7 Å². The van der Waals surface area contributed by atoms with Gasteiger partial charge in [-0.2, -0.15) is 0 Å². The van der Waals surface area contributed by atoms with E-state index in [9.17, 15) is 9.59 Å². The lowest BCUT2D eigenvalue weighted by Gasteiger charge is -2.22. The third-order valence-corrected chi connectivity index (χ3v) is 2.94. The average molecular weight is 293 g/mol. The van der Waals surface area contributed by atoms with Crippen LogP contribution in [0, 0.1) is 0 Å². The second-order valence-corrected chi connectivity index (χ2v) is 4.99. The summed E-state index contributed by atoms with van der Waals surface area (Å²) in [5.74, 6) is 0.133. The quantitative estimate of drug-likeness (QED) is 0.773. The smallest absolute Gasteiger partial charge is 0.256 e. The van der Waals surface area contributed by atoms with Crippen molar-refractivity contribution in [1.82, 2.24) is 10.2 Å². The van der Waals surface area contributed by atoms with Crippen molar-refractivity contribution >= 4 is 17.5 Å². The summed E-state index contributed by atoms with van der Waals surface area (Å²) in [6.45, 7) is 6.00. The van der Waals surface area contributed by atoms with E-state index >= 15 is 0 Å². The lowest BCUT2D eigenvalue weighted by atomic mass is 10.1. The van der Waals surface area contributed by atoms with Crippen molar-refractivity contribution in [2.45, 2.75) is 26.8 Å². The Kier molecular flexibility index (Phi) is 6.02. The van der Waals surface area contributed by atoms with Crippen LogP contribution < -0.4 is 15.8 Å². The van der Waals surface area contributed by atoms with Crippen molar-refractivity contribution in [3.05, 3.63) is 23.8 Å². The highest BCUT2D eigenvalue weighted by Gasteiger charge is 2.19. The number of carbonyl (C=O) groups excluding carboxylic acids is 2. The highest BCUT2D eigenvalue weighted by Crippen LogP contribution is 2.21. The molecular weight excluding hydrogens is 270 g/mol. The van der Waals surface area contributed by atoms with Crippen LogP contribution in [0.1, 0.15) is 31.1 Å². The van der Waals surface area contributed by atoms with Gasteiger partial charge in [0, 0.05) is 24.3 Å². The van der Waals surface area contributed by atoms with Crippen molar-refractivity contribution in [2.24, 2.45) is 0 Å². The number of benzene rings is 1. The molecule has 0 heterocycles. The van der Waals surface area contributed by atoms with Crippen LogP contribution in [-0.2, 0) is 4.79 Å². The number of hydrogen-bond acceptors (Lipinski definition) is 4. The van der Waals surface area contributed by atoms with E-state index in [1.165, 1.54) is 12.0 Å². The van der Waals surface area contributed by atoms with Gasteiger partial charge in [0.2, 0.25) is 5.91 Å². The van der Waals surface area contributed by atoms with Crippen molar-refractivity contribution in [3.63, 3.8) is 0 Å². The molecule has 6 heteroatoms. The van der Waals surface area contributed by atoms with Crippen LogP contribution in [0.4, 0.5) is 5.69 Å². The first-order valence-electron chi connectivity index (χ1n) is 6.91. The minimum atomic E-state index is -0.267. The zero-order valence-corrected chi connectivity index (χ0v) is 13.0. The molecule has 1 aromatic rings. The Hall–Kier alpha value is -2.24. The molecular formula is C15H23N3O3. The minimum Gasteiger partial charge on any atom is -0.497 e. The highest BCUT2D eigenvalue weighted by atomic mass is 16.5. The maximum atomic E-state index is 12.4. The van der Waals surface area contributed by atoms with Gasteiger partial charge < -0.3 is 20.7 Å². The number of ether oxygens (including phenoxy) is 1. The first kappa shape index (κ1) is 16.8. The summed E-state index contributed by atoms with van der Waals surface area (Å²) in [4.78, 5) is 25.7. The number of anilines is 1. The molecule has 0 radical (unpaired) electrons. The van der Waals surface area contributed by atoms with E-state index in [-0.39, 0.29) is 24.4 Å². The third kappa shape index (κ3) is 4.66. The summed E-state index contributed by atoms with van der Waals surface area (Å²) >= 11 is 0. The van der Waals surface area contributed by atoms with Gasteiger partial charge in [0.05, 0.1) is 19.2 Å². The molecule has 0 aliphatic heterocycles. The second kappa shape index (κ2) is 7.52. The number of methoxy groups -OCH3 is 1. The van der Waals surface area contributed by atoms with Gasteiger partial charge in [-0.25, -0.2) is 0 Å². The van der Waals surface area contributed by atoms with Crippen LogP contribution in [0.25, 0.3) is 0 Å². The van der Waals surface area contributed by atoms with Crippen LogP contribution in [0.3, 0.4) is 0 Å². The Balaban J connectivity index is 2.86. The number of likely N-dealkylation sites (N-methyl/N-ethyl adjacent to an activating group) is 1. The highest BCUT2D eigenvalue weighted by molar-refractivity contribution is 6.00. The number of amides is 2. The molecule has 0 aliphatic rings. The van der Waals surface area contributed by atoms with E-state index in [4.69, 9.17) is 10.5 Å². The molecule has 0 spiro atoms. The Bertz CT molecular complexity index is 515. The number of nitrogens with zero attached hydrogens (tertiary/aromatic N) is 1. The van der Waals surface area contributed by atoms with Gasteiger partial charge >= 0.3 is 0 Å². The van der Waals surface area contributed by atoms with Crippen molar-refractivity contribution in [1.29, 1.82) is 0 Å². The summed E-state index contributed by atoms with van der Waals surface area (Å²) in [5, 5.41) is 2.76. The number of carbonyl (C=O) groups is 2. The van der Waals surface area contributed by atoms with E-state index in [2.05, 4.69) is 5.32 Å². The maximum Gasteiger partial charge on any atom is 0.256 e. The standard InChI is InChI=1S/C15H23N3O3/c1-5-18(9-14(19)17-10(2)3)15(20)12-7-6-11(21-4)8-13(12)16/h6-8,10H,5,9,16H2,1-4H3,(H,17,19). The molecule has 1 rings (SSSR count). The molecule has 0 fully saturated rings. The molecule has 0 saturated heterocycles. The number of rotatable bonds is 6. The van der Waals surface area contributed by atoms with Crippen molar-refractivity contribution in [2.75, 3.05) is 25.9 Å². The van der Waals surface area contributed by atoms with E-state index in [0.717, 1.165) is 0 Å². The summed E-state index contributed by atoms with van der Waals surface area (Å²) in [5.41, 5.74) is 6.58. The van der Waals surface area contributed by atoms with E-state index in [1.807, 2.05) is 20.8 Å². The first-order valence-corrected chi connectivity index (χ1v) is 6.91. The van der Waals surface area contributed by atoms with Crippen LogP contribution in [0.15, 0.2) is 18.2 Å². The minimum absolute atomic E-state index is 0.0129. The van der Waals surface area contributed by atoms with Gasteiger partial charge in [-0.05, 0) is 32.9 Å². The Morgan fingerprint density at radius 1 is 1.38 bits per heavy atom. The lowest BCUT2D eigenvalue weighted by Crippen LogP contribution is -2.42. The van der Waals surface area contributed by atoms with Crippen molar-refractivity contribution < 1.29 is 14.3 Å². The molecule has 0 aromatic heterocycles. The fourth-order valence-corrected chi connectivity index (χ4v) is 1.90. The summed E-state index contributed by atoms with van der Waals surface area (Å²) < 4.78 is 5.06. The molecule has 21 heavy (non-hydrogen) atoms. The summed E-state index contributed by atoms with van der Waals surface area (Å²) in [7, 11) is 1.53.